The smallest absolute Gasteiger partial charge is 0.410 e. The van der Waals surface area contributed by atoms with Crippen molar-refractivity contribution in [1.29, 1.82) is 0 Å². The third-order valence-electron chi connectivity index (χ3n) is 7.21. The summed E-state index contributed by atoms with van der Waals surface area (Å²) in [5.74, 6) is 0.0802. The number of hydrogen-bond donors (Lipinski definition) is 1. The molecule has 0 aromatic heterocycles. The molecule has 0 aromatic carbocycles. The minimum Gasteiger partial charge on any atom is -0.444 e. The lowest BCUT2D eigenvalue weighted by atomic mass is 9.87. The van der Waals surface area contributed by atoms with Gasteiger partial charge in [0.05, 0.1) is 25.2 Å². The molecular weight excluding hydrogens is 416 g/mol. The molecule has 3 unspecified atom stereocenters. The molecule has 7 heteroatoms. The predicted octanol–water partition coefficient (Wildman–Crippen LogP) is 4.80. The first-order valence-electron chi connectivity index (χ1n) is 12.1. The van der Waals surface area contributed by atoms with Crippen molar-refractivity contribution in [3.8, 4) is 0 Å². The van der Waals surface area contributed by atoms with Gasteiger partial charge in [-0.2, -0.15) is 0 Å². The van der Waals surface area contributed by atoms with Gasteiger partial charge in [0, 0.05) is 13.1 Å². The highest BCUT2D eigenvalue weighted by Gasteiger charge is 2.45. The van der Waals surface area contributed by atoms with Crippen LogP contribution in [0.2, 0.25) is 0 Å². The molecule has 0 spiro atoms. The Morgan fingerprint density at radius 1 is 1.25 bits per heavy atom. The van der Waals surface area contributed by atoms with Crippen molar-refractivity contribution in [3.63, 3.8) is 0 Å². The van der Waals surface area contributed by atoms with E-state index in [9.17, 15) is 18.7 Å². The van der Waals surface area contributed by atoms with Gasteiger partial charge in [-0.1, -0.05) is 0 Å². The lowest BCUT2D eigenvalue weighted by molar-refractivity contribution is 0.0171. The van der Waals surface area contributed by atoms with Crippen LogP contribution in [-0.4, -0.2) is 60.3 Å². The van der Waals surface area contributed by atoms with Crippen molar-refractivity contribution in [3.05, 3.63) is 23.6 Å². The van der Waals surface area contributed by atoms with E-state index in [1.165, 1.54) is 12.2 Å². The Hall–Kier alpha value is -1.47. The van der Waals surface area contributed by atoms with Crippen LogP contribution in [0.4, 0.5) is 13.6 Å². The second-order valence-electron chi connectivity index (χ2n) is 11.0. The van der Waals surface area contributed by atoms with Gasteiger partial charge in [0.2, 0.25) is 0 Å². The summed E-state index contributed by atoms with van der Waals surface area (Å²) >= 11 is 0. The van der Waals surface area contributed by atoms with E-state index in [1.807, 2.05) is 20.8 Å². The third-order valence-corrected chi connectivity index (χ3v) is 7.21. The van der Waals surface area contributed by atoms with Crippen molar-refractivity contribution in [1.82, 2.24) is 4.90 Å². The molecule has 5 atom stereocenters. The van der Waals surface area contributed by atoms with Crippen molar-refractivity contribution >= 4 is 6.09 Å². The number of alkyl halides is 1. The molecule has 3 fully saturated rings. The predicted molar refractivity (Wildman–Crippen MR) is 117 cm³/mol. The van der Waals surface area contributed by atoms with Crippen molar-refractivity contribution in [2.45, 2.75) is 70.8 Å². The minimum absolute atomic E-state index is 0.0337. The molecule has 4 aliphatic rings. The molecule has 1 aliphatic heterocycles. The van der Waals surface area contributed by atoms with E-state index in [2.05, 4.69) is 0 Å². The zero-order valence-electron chi connectivity index (χ0n) is 19.4. The van der Waals surface area contributed by atoms with Gasteiger partial charge < -0.3 is 19.5 Å². The molecule has 1 amide bonds. The molecule has 1 N–H and O–H groups in total. The molecule has 32 heavy (non-hydrogen) atoms. The first kappa shape index (κ1) is 23.7. The lowest BCUT2D eigenvalue weighted by Gasteiger charge is -2.33. The summed E-state index contributed by atoms with van der Waals surface area (Å²) in [5.41, 5.74) is 0.0378. The number of ether oxygens (including phenoxy) is 2. The molecule has 0 bridgehead atoms. The highest BCUT2D eigenvalue weighted by atomic mass is 19.1. The standard InChI is InChI=1S/C25H37F2NO4/c1-25(2,3)32-24(30)28-8-6-16(7-9-28)19-12-18(19)14-31-13-15-10-20(26)22(21(27)11-15)23(29)17-4-5-17/h10-11,16-20,22-23,29H,4-9,12-14H2,1-3H3/t18-,19+,20?,22?,23?/m0/s1. The second-order valence-corrected chi connectivity index (χ2v) is 11.0. The summed E-state index contributed by atoms with van der Waals surface area (Å²) < 4.78 is 40.1. The monoisotopic (exact) mass is 453 g/mol. The van der Waals surface area contributed by atoms with Crippen LogP contribution in [0, 0.1) is 29.6 Å². The van der Waals surface area contributed by atoms with Gasteiger partial charge in [-0.05, 0) is 94.3 Å². The molecule has 1 heterocycles. The molecule has 3 aliphatic carbocycles. The maximum Gasteiger partial charge on any atom is 0.410 e. The van der Waals surface area contributed by atoms with Gasteiger partial charge in [-0.3, -0.25) is 0 Å². The van der Waals surface area contributed by atoms with E-state index < -0.39 is 29.6 Å². The Labute approximate surface area is 189 Å². The van der Waals surface area contributed by atoms with Crippen LogP contribution in [0.15, 0.2) is 23.6 Å². The fourth-order valence-corrected chi connectivity index (χ4v) is 5.16. The number of halogens is 2. The topological polar surface area (TPSA) is 59.0 Å². The number of carbonyl (C=O) groups excluding carboxylic acids is 1. The van der Waals surface area contributed by atoms with E-state index in [4.69, 9.17) is 9.47 Å². The summed E-state index contributed by atoms with van der Waals surface area (Å²) in [7, 11) is 0. The van der Waals surface area contributed by atoms with Crippen molar-refractivity contribution < 1.29 is 28.2 Å². The average molecular weight is 454 g/mol. The van der Waals surface area contributed by atoms with Gasteiger partial charge in [-0.15, -0.1) is 0 Å². The molecule has 0 radical (unpaired) electrons. The van der Waals surface area contributed by atoms with E-state index in [0.29, 0.717) is 29.9 Å². The van der Waals surface area contributed by atoms with Crippen LogP contribution >= 0.6 is 0 Å². The third kappa shape index (κ3) is 5.90. The quantitative estimate of drug-likeness (QED) is 0.601. The Morgan fingerprint density at radius 3 is 2.53 bits per heavy atom. The zero-order valence-corrected chi connectivity index (χ0v) is 19.4. The van der Waals surface area contributed by atoms with Crippen LogP contribution in [0.3, 0.4) is 0 Å². The molecule has 5 nitrogen and oxygen atoms in total. The number of rotatable bonds is 7. The van der Waals surface area contributed by atoms with Crippen LogP contribution < -0.4 is 0 Å². The highest BCUT2D eigenvalue weighted by molar-refractivity contribution is 5.68. The SMILES string of the molecule is CC(C)(C)OC(=O)N1CCC([C@H]2C[C@H]2COCC2=CC(F)C(C(O)C3CC3)C(F)=C2)CC1. The van der Waals surface area contributed by atoms with Crippen molar-refractivity contribution in [2.24, 2.45) is 29.6 Å². The highest BCUT2D eigenvalue weighted by Crippen LogP contribution is 2.48. The summed E-state index contributed by atoms with van der Waals surface area (Å²) in [6.45, 7) is 7.88. The average Bonchev–Trinajstić information content (AvgIpc) is 3.60. The Balaban J connectivity index is 1.15. The van der Waals surface area contributed by atoms with Crippen LogP contribution in [-0.2, 0) is 9.47 Å². The van der Waals surface area contributed by atoms with Crippen molar-refractivity contribution in [2.75, 3.05) is 26.3 Å². The summed E-state index contributed by atoms with van der Waals surface area (Å²) in [6, 6.07) is 0. The lowest BCUT2D eigenvalue weighted by Crippen LogP contribution is -2.42. The summed E-state index contributed by atoms with van der Waals surface area (Å²) in [4.78, 5) is 14.0. The number of nitrogens with zero attached hydrogens (tertiary/aromatic N) is 1. The fourth-order valence-electron chi connectivity index (χ4n) is 5.16. The Kier molecular flexibility index (Phi) is 6.97. The Bertz CT molecular complexity index is 750. The maximum atomic E-state index is 14.5. The van der Waals surface area contributed by atoms with E-state index in [0.717, 1.165) is 45.2 Å². The number of amides is 1. The van der Waals surface area contributed by atoms with Crippen LogP contribution in [0.25, 0.3) is 0 Å². The fraction of sp³-hybridized carbons (Fsp3) is 0.800. The summed E-state index contributed by atoms with van der Waals surface area (Å²) in [6.07, 6.45) is 4.83. The number of carbonyl (C=O) groups is 1. The van der Waals surface area contributed by atoms with Gasteiger partial charge in [0.25, 0.3) is 0 Å². The second kappa shape index (κ2) is 9.41. The van der Waals surface area contributed by atoms with Gasteiger partial charge in [0.1, 0.15) is 17.6 Å². The Morgan fingerprint density at radius 2 is 1.94 bits per heavy atom. The molecule has 0 aromatic rings. The normalized spacial score (nSPS) is 32.2. The number of hydrogen-bond acceptors (Lipinski definition) is 4. The number of piperidine rings is 1. The number of aliphatic hydroxyl groups is 1. The first-order valence-corrected chi connectivity index (χ1v) is 12.1. The van der Waals surface area contributed by atoms with Gasteiger partial charge in [-0.25, -0.2) is 13.6 Å². The molecule has 180 valence electrons. The van der Waals surface area contributed by atoms with E-state index in [1.54, 1.807) is 4.90 Å². The van der Waals surface area contributed by atoms with E-state index in [-0.39, 0.29) is 18.6 Å². The van der Waals surface area contributed by atoms with E-state index >= 15 is 0 Å². The largest absolute Gasteiger partial charge is 0.444 e. The number of allylic oxidation sites excluding steroid dienone is 1. The molecule has 4 rings (SSSR count). The first-order chi connectivity index (χ1) is 15.1. The number of aliphatic hydroxyl groups excluding tert-OH is 1. The minimum atomic E-state index is -1.50. The molecular formula is C25H37F2NO4. The zero-order chi connectivity index (χ0) is 23.0. The van der Waals surface area contributed by atoms with Gasteiger partial charge >= 0.3 is 6.09 Å². The number of likely N-dealkylation sites (tertiary alicyclic amines) is 1. The molecule has 1 saturated heterocycles. The molecule has 2 saturated carbocycles. The van der Waals surface area contributed by atoms with Gasteiger partial charge in [0.15, 0.2) is 0 Å². The summed E-state index contributed by atoms with van der Waals surface area (Å²) in [5, 5.41) is 10.1. The van der Waals surface area contributed by atoms with Crippen LogP contribution in [0.5, 0.6) is 0 Å². The van der Waals surface area contributed by atoms with Crippen LogP contribution in [0.1, 0.15) is 52.9 Å². The maximum absolute atomic E-state index is 14.5.